The average molecular weight is 454 g/mol. The fourth-order valence-corrected chi connectivity index (χ4v) is 4.22. The largest absolute Gasteiger partial charge is 0.467 e. The second kappa shape index (κ2) is 11.1. The first-order chi connectivity index (χ1) is 16.1. The van der Waals surface area contributed by atoms with Gasteiger partial charge in [-0.15, -0.1) is 0 Å². The first-order valence-electron chi connectivity index (χ1n) is 11.5. The molecule has 3 heterocycles. The van der Waals surface area contributed by atoms with Crippen molar-refractivity contribution in [2.75, 3.05) is 57.7 Å². The summed E-state index contributed by atoms with van der Waals surface area (Å²) in [6.45, 7) is 5.72. The monoisotopic (exact) mass is 453 g/mol. The zero-order chi connectivity index (χ0) is 23.0. The van der Waals surface area contributed by atoms with Crippen LogP contribution in [0.4, 0.5) is 5.69 Å². The molecule has 2 aromatic rings. The van der Waals surface area contributed by atoms with E-state index in [0.717, 1.165) is 52.1 Å². The molecule has 2 aliphatic rings. The Bertz CT molecular complexity index is 948. The molecule has 9 nitrogen and oxygen atoms in total. The minimum absolute atomic E-state index is 0.164. The molecule has 9 heteroatoms. The third kappa shape index (κ3) is 6.43. The first kappa shape index (κ1) is 23.0. The number of rotatable bonds is 8. The van der Waals surface area contributed by atoms with E-state index in [-0.39, 0.29) is 30.8 Å². The van der Waals surface area contributed by atoms with E-state index in [4.69, 9.17) is 4.42 Å². The third-order valence-corrected chi connectivity index (χ3v) is 6.10. The van der Waals surface area contributed by atoms with Crippen LogP contribution in [0.15, 0.2) is 47.1 Å². The number of nitrogens with one attached hydrogen (secondary N) is 2. The highest BCUT2D eigenvalue weighted by Crippen LogP contribution is 2.16. The van der Waals surface area contributed by atoms with Gasteiger partial charge in [0.15, 0.2) is 0 Å². The molecule has 33 heavy (non-hydrogen) atoms. The van der Waals surface area contributed by atoms with Crippen LogP contribution in [0.2, 0.25) is 0 Å². The van der Waals surface area contributed by atoms with Crippen LogP contribution >= 0.6 is 0 Å². The number of piperazine rings is 1. The van der Waals surface area contributed by atoms with Gasteiger partial charge in [-0.1, -0.05) is 12.1 Å². The number of hydrogen-bond donors (Lipinski definition) is 2. The van der Waals surface area contributed by atoms with E-state index in [1.165, 1.54) is 0 Å². The van der Waals surface area contributed by atoms with E-state index < -0.39 is 0 Å². The lowest BCUT2D eigenvalue weighted by Crippen LogP contribution is -2.51. The molecule has 0 bridgehead atoms. The standard InChI is InChI=1S/C24H31N5O4/c30-22(17-27-11-13-28(14-12-27)18-23(31)29-9-3-4-10-29)26-21-8-2-1-7-20(21)24(32)25-16-19-6-5-15-33-19/h1-2,5-8,15H,3-4,9-14,16-18H2,(H,25,32)(H,26,30). The van der Waals surface area contributed by atoms with Crippen molar-refractivity contribution in [3.63, 3.8) is 0 Å². The van der Waals surface area contributed by atoms with Crippen LogP contribution in [-0.2, 0) is 16.1 Å². The molecule has 2 fully saturated rings. The number of likely N-dealkylation sites (tertiary alicyclic amines) is 1. The summed E-state index contributed by atoms with van der Waals surface area (Å²) in [5.74, 6) is 0.424. The highest BCUT2D eigenvalue weighted by molar-refractivity contribution is 6.04. The normalized spacial score (nSPS) is 17.2. The van der Waals surface area contributed by atoms with Gasteiger partial charge in [0.05, 0.1) is 37.1 Å². The SMILES string of the molecule is O=C(CN1CCN(CC(=O)N2CCCC2)CC1)Nc1ccccc1C(=O)NCc1ccco1. The van der Waals surface area contributed by atoms with Gasteiger partial charge in [-0.2, -0.15) is 0 Å². The molecule has 176 valence electrons. The molecule has 0 atom stereocenters. The lowest BCUT2D eigenvalue weighted by molar-refractivity contribution is -0.132. The molecule has 0 spiro atoms. The van der Waals surface area contributed by atoms with Gasteiger partial charge in [-0.05, 0) is 37.1 Å². The van der Waals surface area contributed by atoms with Gasteiger partial charge in [0, 0.05) is 39.3 Å². The lowest BCUT2D eigenvalue weighted by Gasteiger charge is -2.34. The second-order valence-electron chi connectivity index (χ2n) is 8.50. The Hall–Kier alpha value is -3.17. The predicted octanol–water partition coefficient (Wildman–Crippen LogP) is 1.39. The van der Waals surface area contributed by atoms with Crippen LogP contribution < -0.4 is 10.6 Å². The van der Waals surface area contributed by atoms with E-state index in [0.29, 0.717) is 23.6 Å². The second-order valence-corrected chi connectivity index (χ2v) is 8.50. The summed E-state index contributed by atoms with van der Waals surface area (Å²) >= 11 is 0. The van der Waals surface area contributed by atoms with Crippen molar-refractivity contribution in [1.82, 2.24) is 20.0 Å². The van der Waals surface area contributed by atoms with Crippen molar-refractivity contribution in [3.05, 3.63) is 54.0 Å². The number of para-hydroxylation sites is 1. The number of anilines is 1. The van der Waals surface area contributed by atoms with Crippen molar-refractivity contribution in [1.29, 1.82) is 0 Å². The summed E-state index contributed by atoms with van der Waals surface area (Å²) in [4.78, 5) is 43.8. The maximum Gasteiger partial charge on any atom is 0.253 e. The van der Waals surface area contributed by atoms with Gasteiger partial charge in [0.25, 0.3) is 5.91 Å². The molecule has 2 N–H and O–H groups in total. The number of carbonyl (C=O) groups excluding carboxylic acids is 3. The summed E-state index contributed by atoms with van der Waals surface area (Å²) in [6, 6.07) is 10.5. The maximum atomic E-state index is 12.7. The van der Waals surface area contributed by atoms with Crippen LogP contribution in [0.1, 0.15) is 29.0 Å². The minimum atomic E-state index is -0.279. The van der Waals surface area contributed by atoms with E-state index in [9.17, 15) is 14.4 Å². The Morgan fingerprint density at radius 1 is 0.848 bits per heavy atom. The molecule has 0 aliphatic carbocycles. The molecule has 4 rings (SSSR count). The molecule has 3 amide bonds. The van der Waals surface area contributed by atoms with Crippen molar-refractivity contribution >= 4 is 23.4 Å². The molecular formula is C24H31N5O4. The summed E-state index contributed by atoms with van der Waals surface area (Å²) in [5, 5.41) is 5.68. The summed E-state index contributed by atoms with van der Waals surface area (Å²) < 4.78 is 5.24. The van der Waals surface area contributed by atoms with Crippen molar-refractivity contribution in [3.8, 4) is 0 Å². The van der Waals surface area contributed by atoms with Crippen molar-refractivity contribution < 1.29 is 18.8 Å². The Balaban J connectivity index is 1.23. The highest BCUT2D eigenvalue weighted by Gasteiger charge is 2.24. The fourth-order valence-electron chi connectivity index (χ4n) is 4.22. The number of furan rings is 1. The molecule has 1 aromatic heterocycles. The Kier molecular flexibility index (Phi) is 7.74. The average Bonchev–Trinajstić information content (AvgIpc) is 3.54. The smallest absolute Gasteiger partial charge is 0.253 e. The van der Waals surface area contributed by atoms with Gasteiger partial charge >= 0.3 is 0 Å². The Morgan fingerprint density at radius 3 is 2.24 bits per heavy atom. The first-order valence-corrected chi connectivity index (χ1v) is 11.5. The van der Waals surface area contributed by atoms with Crippen molar-refractivity contribution in [2.45, 2.75) is 19.4 Å². The number of nitrogens with zero attached hydrogens (tertiary/aromatic N) is 3. The van der Waals surface area contributed by atoms with Crippen LogP contribution in [0.5, 0.6) is 0 Å². The minimum Gasteiger partial charge on any atom is -0.467 e. The number of carbonyl (C=O) groups is 3. The summed E-state index contributed by atoms with van der Waals surface area (Å²) in [6.07, 6.45) is 3.76. The molecule has 2 aliphatic heterocycles. The summed E-state index contributed by atoms with van der Waals surface area (Å²) in [7, 11) is 0. The molecule has 2 saturated heterocycles. The fraction of sp³-hybridized carbons (Fsp3) is 0.458. The number of amides is 3. The molecule has 1 aromatic carbocycles. The van der Waals surface area contributed by atoms with Crippen LogP contribution in [0.25, 0.3) is 0 Å². The molecular weight excluding hydrogens is 422 g/mol. The van der Waals surface area contributed by atoms with Crippen LogP contribution in [-0.4, -0.2) is 84.8 Å². The van der Waals surface area contributed by atoms with Gasteiger partial charge in [-0.3, -0.25) is 24.2 Å². The van der Waals surface area contributed by atoms with Gasteiger partial charge in [0.1, 0.15) is 5.76 Å². The quantitative estimate of drug-likeness (QED) is 0.627. The van der Waals surface area contributed by atoms with Gasteiger partial charge < -0.3 is 20.0 Å². The van der Waals surface area contributed by atoms with Gasteiger partial charge in [0.2, 0.25) is 11.8 Å². The maximum absolute atomic E-state index is 12.7. The third-order valence-electron chi connectivity index (χ3n) is 6.10. The van der Waals surface area contributed by atoms with E-state index >= 15 is 0 Å². The van der Waals surface area contributed by atoms with Gasteiger partial charge in [-0.25, -0.2) is 0 Å². The number of hydrogen-bond acceptors (Lipinski definition) is 6. The Morgan fingerprint density at radius 2 is 1.55 bits per heavy atom. The zero-order valence-electron chi connectivity index (χ0n) is 18.8. The topological polar surface area (TPSA) is 98.1 Å². The van der Waals surface area contributed by atoms with E-state index in [1.807, 2.05) is 4.90 Å². The van der Waals surface area contributed by atoms with Crippen molar-refractivity contribution in [2.24, 2.45) is 0 Å². The highest BCUT2D eigenvalue weighted by atomic mass is 16.3. The van der Waals surface area contributed by atoms with E-state index in [1.54, 1.807) is 42.7 Å². The molecule has 0 saturated carbocycles. The predicted molar refractivity (Wildman–Crippen MR) is 124 cm³/mol. The lowest BCUT2D eigenvalue weighted by atomic mass is 10.1. The Labute approximate surface area is 193 Å². The molecule has 0 unspecified atom stereocenters. The number of benzene rings is 1. The van der Waals surface area contributed by atoms with Crippen LogP contribution in [0.3, 0.4) is 0 Å². The van der Waals surface area contributed by atoms with Crippen LogP contribution in [0, 0.1) is 0 Å². The summed E-state index contributed by atoms with van der Waals surface area (Å²) in [5.41, 5.74) is 0.886. The zero-order valence-corrected chi connectivity index (χ0v) is 18.8. The van der Waals surface area contributed by atoms with E-state index in [2.05, 4.69) is 20.4 Å². The molecule has 0 radical (unpaired) electrons.